The SMILES string of the molecule is O=C(c1cc(I)ccc1O)N1C[C@@H](O)[C@@H](O)C1. The van der Waals surface area contributed by atoms with E-state index in [4.69, 9.17) is 0 Å². The fourth-order valence-corrected chi connectivity index (χ4v) is 2.28. The van der Waals surface area contributed by atoms with E-state index in [0.29, 0.717) is 0 Å². The van der Waals surface area contributed by atoms with Gasteiger partial charge in [0.1, 0.15) is 5.75 Å². The summed E-state index contributed by atoms with van der Waals surface area (Å²) in [4.78, 5) is 13.4. The lowest BCUT2D eigenvalue weighted by Gasteiger charge is -2.16. The van der Waals surface area contributed by atoms with E-state index in [2.05, 4.69) is 0 Å². The van der Waals surface area contributed by atoms with E-state index in [9.17, 15) is 20.1 Å². The number of amides is 1. The van der Waals surface area contributed by atoms with Crippen LogP contribution in [0, 0.1) is 3.57 Å². The first kappa shape index (κ1) is 12.6. The molecule has 1 aromatic carbocycles. The average Bonchev–Trinajstić information content (AvgIpc) is 2.62. The highest BCUT2D eigenvalue weighted by Gasteiger charge is 2.33. The molecule has 0 bridgehead atoms. The zero-order valence-corrected chi connectivity index (χ0v) is 11.0. The van der Waals surface area contributed by atoms with Gasteiger partial charge in [0.05, 0.1) is 17.8 Å². The van der Waals surface area contributed by atoms with Crippen LogP contribution in [0.5, 0.6) is 5.75 Å². The summed E-state index contributed by atoms with van der Waals surface area (Å²) in [5.74, 6) is -0.470. The molecule has 2 atom stereocenters. The number of hydrogen-bond donors (Lipinski definition) is 3. The zero-order chi connectivity index (χ0) is 12.6. The number of β-amino-alcohol motifs (C(OH)–C–C–N with tert-alkyl or cyclic N) is 2. The van der Waals surface area contributed by atoms with Crippen LogP contribution in [0.4, 0.5) is 0 Å². The Bertz CT molecular complexity index is 441. The number of aromatic hydroxyl groups is 1. The summed E-state index contributed by atoms with van der Waals surface area (Å²) < 4.78 is 0.837. The molecule has 1 fully saturated rings. The van der Waals surface area contributed by atoms with E-state index in [-0.39, 0.29) is 30.3 Å². The van der Waals surface area contributed by atoms with E-state index in [1.165, 1.54) is 11.0 Å². The van der Waals surface area contributed by atoms with E-state index in [0.717, 1.165) is 3.57 Å². The maximum atomic E-state index is 12.1. The largest absolute Gasteiger partial charge is 0.507 e. The molecule has 1 aliphatic rings. The fourth-order valence-electron chi connectivity index (χ4n) is 1.79. The summed E-state index contributed by atoms with van der Waals surface area (Å²) >= 11 is 2.05. The molecular weight excluding hydrogens is 337 g/mol. The highest BCUT2D eigenvalue weighted by Crippen LogP contribution is 2.23. The predicted molar refractivity (Wildman–Crippen MR) is 68.7 cm³/mol. The molecule has 0 spiro atoms. The number of rotatable bonds is 1. The number of likely N-dealkylation sites (tertiary alicyclic amines) is 1. The van der Waals surface area contributed by atoms with Crippen molar-refractivity contribution in [2.45, 2.75) is 12.2 Å². The molecule has 0 radical (unpaired) electrons. The van der Waals surface area contributed by atoms with E-state index in [1.807, 2.05) is 22.6 Å². The Morgan fingerprint density at radius 3 is 2.47 bits per heavy atom. The molecule has 92 valence electrons. The number of benzene rings is 1. The first-order valence-electron chi connectivity index (χ1n) is 5.13. The first-order valence-corrected chi connectivity index (χ1v) is 6.21. The lowest BCUT2D eigenvalue weighted by Crippen LogP contribution is -2.29. The van der Waals surface area contributed by atoms with Crippen LogP contribution in [0.2, 0.25) is 0 Å². The summed E-state index contributed by atoms with van der Waals surface area (Å²) in [5.41, 5.74) is 0.193. The van der Waals surface area contributed by atoms with Gasteiger partial charge in [-0.1, -0.05) is 0 Å². The minimum atomic E-state index is -0.913. The molecule has 6 heteroatoms. The van der Waals surface area contributed by atoms with Gasteiger partial charge in [-0.3, -0.25) is 4.79 Å². The topological polar surface area (TPSA) is 81.0 Å². The van der Waals surface area contributed by atoms with Crippen molar-refractivity contribution in [3.63, 3.8) is 0 Å². The molecule has 1 saturated heterocycles. The quantitative estimate of drug-likeness (QED) is 0.632. The Labute approximate surface area is 112 Å². The van der Waals surface area contributed by atoms with Gasteiger partial charge in [0.2, 0.25) is 0 Å². The highest BCUT2D eigenvalue weighted by atomic mass is 127. The van der Waals surface area contributed by atoms with Gasteiger partial charge in [0.15, 0.2) is 0 Å². The van der Waals surface area contributed by atoms with E-state index < -0.39 is 12.2 Å². The van der Waals surface area contributed by atoms with Crippen molar-refractivity contribution in [3.05, 3.63) is 27.3 Å². The number of carbonyl (C=O) groups is 1. The van der Waals surface area contributed by atoms with Crippen LogP contribution in [-0.4, -0.2) is 51.4 Å². The second kappa shape index (κ2) is 4.79. The average molecular weight is 349 g/mol. The van der Waals surface area contributed by atoms with Crippen LogP contribution in [-0.2, 0) is 0 Å². The van der Waals surface area contributed by atoms with Crippen molar-refractivity contribution >= 4 is 28.5 Å². The summed E-state index contributed by atoms with van der Waals surface area (Å²) in [6.45, 7) is 0.176. The van der Waals surface area contributed by atoms with E-state index >= 15 is 0 Å². The van der Waals surface area contributed by atoms with Crippen LogP contribution in [0.1, 0.15) is 10.4 Å². The van der Waals surface area contributed by atoms with Gasteiger partial charge >= 0.3 is 0 Å². The Hall–Kier alpha value is -0.860. The minimum Gasteiger partial charge on any atom is -0.507 e. The molecule has 0 saturated carbocycles. The van der Waals surface area contributed by atoms with Gasteiger partial charge in [-0.25, -0.2) is 0 Å². The normalized spacial score (nSPS) is 24.1. The van der Waals surface area contributed by atoms with Crippen molar-refractivity contribution in [2.75, 3.05) is 13.1 Å². The lowest BCUT2D eigenvalue weighted by atomic mass is 10.2. The van der Waals surface area contributed by atoms with Gasteiger partial charge in [-0.05, 0) is 40.8 Å². The molecule has 1 amide bonds. The van der Waals surface area contributed by atoms with Crippen molar-refractivity contribution in [1.29, 1.82) is 0 Å². The number of phenolic OH excluding ortho intramolecular Hbond substituents is 1. The molecule has 17 heavy (non-hydrogen) atoms. The van der Waals surface area contributed by atoms with Crippen LogP contribution in [0.3, 0.4) is 0 Å². The van der Waals surface area contributed by atoms with Gasteiger partial charge in [0, 0.05) is 16.7 Å². The van der Waals surface area contributed by atoms with Crippen LogP contribution < -0.4 is 0 Å². The van der Waals surface area contributed by atoms with Crippen molar-refractivity contribution < 1.29 is 20.1 Å². The maximum Gasteiger partial charge on any atom is 0.257 e. The van der Waals surface area contributed by atoms with Gasteiger partial charge in [-0.2, -0.15) is 0 Å². The molecule has 1 heterocycles. The van der Waals surface area contributed by atoms with Crippen LogP contribution >= 0.6 is 22.6 Å². The Morgan fingerprint density at radius 1 is 1.29 bits per heavy atom. The summed E-state index contributed by atoms with van der Waals surface area (Å²) in [7, 11) is 0. The third-order valence-corrected chi connectivity index (χ3v) is 3.41. The molecule has 5 nitrogen and oxygen atoms in total. The van der Waals surface area contributed by atoms with Crippen molar-refractivity contribution in [3.8, 4) is 5.75 Å². The molecular formula is C11H12INO4. The molecule has 2 rings (SSSR count). The third-order valence-electron chi connectivity index (χ3n) is 2.74. The first-order chi connectivity index (χ1) is 7.99. The summed E-state index contributed by atoms with van der Waals surface area (Å²) in [6, 6.07) is 4.73. The molecule has 1 aliphatic heterocycles. The van der Waals surface area contributed by atoms with Gasteiger partial charge in [-0.15, -0.1) is 0 Å². The van der Waals surface area contributed by atoms with Crippen molar-refractivity contribution in [1.82, 2.24) is 4.90 Å². The standard InChI is InChI=1S/C11H12INO4/c12-6-1-2-8(14)7(3-6)11(17)13-4-9(15)10(16)5-13/h1-3,9-10,14-16H,4-5H2/t9-,10+. The molecule has 0 aromatic heterocycles. The monoisotopic (exact) mass is 349 g/mol. The fraction of sp³-hybridized carbons (Fsp3) is 0.364. The van der Waals surface area contributed by atoms with Crippen molar-refractivity contribution in [2.24, 2.45) is 0 Å². The smallest absolute Gasteiger partial charge is 0.257 e. The van der Waals surface area contributed by atoms with Crippen LogP contribution in [0.25, 0.3) is 0 Å². The maximum absolute atomic E-state index is 12.1. The predicted octanol–water partition coefficient (Wildman–Crippen LogP) is 0.174. The Morgan fingerprint density at radius 2 is 1.88 bits per heavy atom. The second-order valence-electron chi connectivity index (χ2n) is 4.01. The van der Waals surface area contributed by atoms with Crippen LogP contribution in [0.15, 0.2) is 18.2 Å². The number of nitrogens with zero attached hydrogens (tertiary/aromatic N) is 1. The van der Waals surface area contributed by atoms with Gasteiger partial charge < -0.3 is 20.2 Å². The van der Waals surface area contributed by atoms with Gasteiger partial charge in [0.25, 0.3) is 5.91 Å². The van der Waals surface area contributed by atoms with E-state index in [1.54, 1.807) is 12.1 Å². The Kier molecular flexibility index (Phi) is 3.55. The number of phenols is 1. The summed E-state index contributed by atoms with van der Waals surface area (Å²) in [6.07, 6.45) is -1.83. The molecule has 3 N–H and O–H groups in total. The molecule has 0 unspecified atom stereocenters. The number of hydrogen-bond acceptors (Lipinski definition) is 4. The highest BCUT2D eigenvalue weighted by molar-refractivity contribution is 14.1. The zero-order valence-electron chi connectivity index (χ0n) is 8.88. The Balaban J connectivity index is 2.23. The number of carbonyl (C=O) groups excluding carboxylic acids is 1. The minimum absolute atomic E-state index is 0.0882. The third kappa shape index (κ3) is 2.53. The molecule has 1 aromatic rings. The number of halogens is 1. The summed E-state index contributed by atoms with van der Waals surface area (Å²) in [5, 5.41) is 28.4. The molecule has 0 aliphatic carbocycles. The lowest BCUT2D eigenvalue weighted by molar-refractivity contribution is 0.0572. The number of aliphatic hydroxyl groups excluding tert-OH is 2. The second-order valence-corrected chi connectivity index (χ2v) is 5.25. The number of aliphatic hydroxyl groups is 2.